The van der Waals surface area contributed by atoms with Gasteiger partial charge in [0.15, 0.2) is 11.5 Å². The molecule has 0 aromatic heterocycles. The zero-order chi connectivity index (χ0) is 13.8. The number of para-hydroxylation sites is 1. The van der Waals surface area contributed by atoms with Crippen molar-refractivity contribution in [3.63, 3.8) is 0 Å². The molecule has 5 nitrogen and oxygen atoms in total. The second-order valence-electron chi connectivity index (χ2n) is 4.69. The Morgan fingerprint density at radius 3 is 2.33 bits per heavy atom. The van der Waals surface area contributed by atoms with E-state index in [-0.39, 0.29) is 5.91 Å². The minimum absolute atomic E-state index is 0.362. The van der Waals surface area contributed by atoms with Gasteiger partial charge >= 0.3 is 0 Å². The molecular weight excluding hydrogens is 234 g/mol. The second-order valence-corrected chi connectivity index (χ2v) is 4.69. The summed E-state index contributed by atoms with van der Waals surface area (Å²) in [5.41, 5.74) is 2.30. The fraction of sp³-hybridized carbons (Fsp3) is 0.462. The average molecular weight is 253 g/mol. The summed E-state index contributed by atoms with van der Waals surface area (Å²) in [6.45, 7) is 5.53. The highest BCUT2D eigenvalue weighted by Gasteiger charge is 2.19. The zero-order valence-corrected chi connectivity index (χ0v) is 11.4. The Kier molecular flexibility index (Phi) is 4.55. The maximum atomic E-state index is 12.0. The van der Waals surface area contributed by atoms with Gasteiger partial charge in [-0.3, -0.25) is 9.63 Å². The van der Waals surface area contributed by atoms with Crippen LogP contribution in [-0.2, 0) is 4.84 Å². The fourth-order valence-corrected chi connectivity index (χ4v) is 1.32. The van der Waals surface area contributed by atoms with E-state index in [2.05, 4.69) is 5.48 Å². The van der Waals surface area contributed by atoms with Crippen LogP contribution in [0.25, 0.3) is 0 Å². The van der Waals surface area contributed by atoms with E-state index in [1.807, 2.05) is 20.8 Å². The number of methoxy groups -OCH3 is 2. The Balaban J connectivity index is 2.92. The molecule has 1 rings (SSSR count). The number of rotatable bonds is 4. The van der Waals surface area contributed by atoms with Gasteiger partial charge in [-0.2, -0.15) is 0 Å². The number of carbonyl (C=O) groups is 1. The van der Waals surface area contributed by atoms with Crippen molar-refractivity contribution in [2.75, 3.05) is 14.2 Å². The summed E-state index contributed by atoms with van der Waals surface area (Å²) in [4.78, 5) is 17.2. The van der Waals surface area contributed by atoms with Crippen LogP contribution < -0.4 is 15.0 Å². The molecular formula is C13H19NO4. The molecule has 0 saturated heterocycles. The van der Waals surface area contributed by atoms with Crippen molar-refractivity contribution in [3.8, 4) is 11.5 Å². The molecule has 1 aromatic carbocycles. The van der Waals surface area contributed by atoms with Gasteiger partial charge in [-0.05, 0) is 32.9 Å². The molecule has 0 atom stereocenters. The lowest BCUT2D eigenvalue weighted by atomic mass is 10.1. The Bertz CT molecular complexity index is 423. The van der Waals surface area contributed by atoms with E-state index in [4.69, 9.17) is 14.3 Å². The molecule has 18 heavy (non-hydrogen) atoms. The molecule has 0 radical (unpaired) electrons. The average Bonchev–Trinajstić information content (AvgIpc) is 2.33. The van der Waals surface area contributed by atoms with Crippen LogP contribution in [0.3, 0.4) is 0 Å². The lowest BCUT2D eigenvalue weighted by molar-refractivity contribution is -0.0590. The molecule has 0 spiro atoms. The minimum Gasteiger partial charge on any atom is -0.493 e. The molecule has 0 fully saturated rings. The zero-order valence-electron chi connectivity index (χ0n) is 11.4. The fourth-order valence-electron chi connectivity index (χ4n) is 1.32. The van der Waals surface area contributed by atoms with Crippen LogP contribution in [0, 0.1) is 0 Å². The van der Waals surface area contributed by atoms with Gasteiger partial charge < -0.3 is 9.47 Å². The van der Waals surface area contributed by atoms with E-state index in [1.54, 1.807) is 18.2 Å². The van der Waals surface area contributed by atoms with Crippen LogP contribution in [0.5, 0.6) is 11.5 Å². The molecule has 0 aliphatic carbocycles. The van der Waals surface area contributed by atoms with Crippen LogP contribution in [0.15, 0.2) is 18.2 Å². The number of nitrogens with one attached hydrogen (secondary N) is 1. The summed E-state index contributed by atoms with van der Waals surface area (Å²) in [5.74, 6) is 0.511. The Hall–Kier alpha value is -1.75. The summed E-state index contributed by atoms with van der Waals surface area (Å²) < 4.78 is 10.3. The third-order valence-electron chi connectivity index (χ3n) is 2.10. The van der Waals surface area contributed by atoms with Gasteiger partial charge in [0.05, 0.1) is 25.4 Å². The summed E-state index contributed by atoms with van der Waals surface area (Å²) >= 11 is 0. The van der Waals surface area contributed by atoms with Crippen molar-refractivity contribution in [1.82, 2.24) is 5.48 Å². The first-order valence-electron chi connectivity index (χ1n) is 5.58. The van der Waals surface area contributed by atoms with Gasteiger partial charge in [-0.1, -0.05) is 6.07 Å². The summed E-state index contributed by atoms with van der Waals surface area (Å²) in [6, 6.07) is 5.08. The van der Waals surface area contributed by atoms with Crippen molar-refractivity contribution in [3.05, 3.63) is 23.8 Å². The van der Waals surface area contributed by atoms with Crippen molar-refractivity contribution >= 4 is 5.91 Å². The highest BCUT2D eigenvalue weighted by molar-refractivity contribution is 5.97. The third kappa shape index (κ3) is 3.63. The molecule has 0 aliphatic heterocycles. The summed E-state index contributed by atoms with van der Waals surface area (Å²) in [5, 5.41) is 0. The Morgan fingerprint density at radius 2 is 1.83 bits per heavy atom. The second kappa shape index (κ2) is 5.73. The predicted molar refractivity (Wildman–Crippen MR) is 67.9 cm³/mol. The number of hydroxylamine groups is 1. The van der Waals surface area contributed by atoms with E-state index < -0.39 is 5.60 Å². The topological polar surface area (TPSA) is 56.8 Å². The largest absolute Gasteiger partial charge is 0.493 e. The molecule has 1 amide bonds. The normalized spacial score (nSPS) is 10.9. The first-order chi connectivity index (χ1) is 8.39. The molecule has 0 aliphatic rings. The molecule has 1 aromatic rings. The highest BCUT2D eigenvalue weighted by Crippen LogP contribution is 2.30. The van der Waals surface area contributed by atoms with Gasteiger partial charge in [-0.15, -0.1) is 0 Å². The molecule has 0 bridgehead atoms. The van der Waals surface area contributed by atoms with Crippen LogP contribution in [0.4, 0.5) is 0 Å². The number of ether oxygens (including phenoxy) is 2. The van der Waals surface area contributed by atoms with E-state index in [9.17, 15) is 4.79 Å². The van der Waals surface area contributed by atoms with Crippen molar-refractivity contribution in [1.29, 1.82) is 0 Å². The standard InChI is InChI=1S/C13H19NO4/c1-13(2,3)18-14-12(15)9-7-6-8-10(16-4)11(9)17-5/h6-8H,1-5H3,(H,14,15). The molecule has 0 saturated carbocycles. The number of benzene rings is 1. The number of amides is 1. The quantitative estimate of drug-likeness (QED) is 0.835. The molecule has 5 heteroatoms. The maximum Gasteiger partial charge on any atom is 0.278 e. The summed E-state index contributed by atoms with van der Waals surface area (Å²) in [7, 11) is 3.00. The first kappa shape index (κ1) is 14.3. The number of hydrogen-bond acceptors (Lipinski definition) is 4. The van der Waals surface area contributed by atoms with E-state index >= 15 is 0 Å². The van der Waals surface area contributed by atoms with Crippen molar-refractivity contribution < 1.29 is 19.1 Å². The van der Waals surface area contributed by atoms with Crippen LogP contribution in [0.2, 0.25) is 0 Å². The van der Waals surface area contributed by atoms with Gasteiger partial charge in [0.25, 0.3) is 5.91 Å². The third-order valence-corrected chi connectivity index (χ3v) is 2.10. The molecule has 0 heterocycles. The first-order valence-corrected chi connectivity index (χ1v) is 5.58. The molecule has 1 N–H and O–H groups in total. The van der Waals surface area contributed by atoms with Crippen molar-refractivity contribution in [2.45, 2.75) is 26.4 Å². The van der Waals surface area contributed by atoms with Gasteiger partial charge in [-0.25, -0.2) is 5.48 Å². The van der Waals surface area contributed by atoms with Crippen LogP contribution in [-0.4, -0.2) is 25.7 Å². The predicted octanol–water partition coefficient (Wildman–Crippen LogP) is 2.16. The van der Waals surface area contributed by atoms with E-state index in [0.29, 0.717) is 17.1 Å². The smallest absolute Gasteiger partial charge is 0.278 e. The molecule has 0 unspecified atom stereocenters. The number of carbonyl (C=O) groups excluding carboxylic acids is 1. The monoisotopic (exact) mass is 253 g/mol. The Labute approximate surface area is 107 Å². The van der Waals surface area contributed by atoms with Gasteiger partial charge in [0, 0.05) is 0 Å². The Morgan fingerprint density at radius 1 is 1.17 bits per heavy atom. The van der Waals surface area contributed by atoms with E-state index in [0.717, 1.165) is 0 Å². The van der Waals surface area contributed by atoms with Crippen LogP contribution >= 0.6 is 0 Å². The SMILES string of the molecule is COc1cccc(C(=O)NOC(C)(C)C)c1OC. The van der Waals surface area contributed by atoms with Gasteiger partial charge in [0.1, 0.15) is 0 Å². The molecule has 100 valence electrons. The lowest BCUT2D eigenvalue weighted by Gasteiger charge is -2.19. The van der Waals surface area contributed by atoms with Crippen molar-refractivity contribution in [2.24, 2.45) is 0 Å². The number of hydrogen-bond donors (Lipinski definition) is 1. The highest BCUT2D eigenvalue weighted by atomic mass is 16.7. The van der Waals surface area contributed by atoms with E-state index in [1.165, 1.54) is 14.2 Å². The lowest BCUT2D eigenvalue weighted by Crippen LogP contribution is -2.33. The maximum absolute atomic E-state index is 12.0. The van der Waals surface area contributed by atoms with Crippen LogP contribution in [0.1, 0.15) is 31.1 Å². The summed E-state index contributed by atoms with van der Waals surface area (Å²) in [6.07, 6.45) is 0. The van der Waals surface area contributed by atoms with Gasteiger partial charge in [0.2, 0.25) is 0 Å². The minimum atomic E-state index is -0.457.